The molecule has 2 heterocycles. The van der Waals surface area contributed by atoms with Crippen molar-refractivity contribution in [2.24, 2.45) is 0 Å². The van der Waals surface area contributed by atoms with Gasteiger partial charge in [-0.05, 0) is 49.4 Å². The molecular formula is C21H16ClN3O2S. The van der Waals surface area contributed by atoms with Crippen LogP contribution in [-0.2, 0) is 11.3 Å². The van der Waals surface area contributed by atoms with Gasteiger partial charge in [0.1, 0.15) is 5.01 Å². The molecule has 5 nitrogen and oxygen atoms in total. The molecule has 140 valence electrons. The Bertz CT molecular complexity index is 1130. The fourth-order valence-electron chi connectivity index (χ4n) is 2.73. The van der Waals surface area contributed by atoms with Crippen molar-refractivity contribution in [3.8, 4) is 11.3 Å². The van der Waals surface area contributed by atoms with E-state index >= 15 is 0 Å². The molecule has 4 aromatic rings. The number of amides is 1. The van der Waals surface area contributed by atoms with Gasteiger partial charge in [-0.3, -0.25) is 4.79 Å². The van der Waals surface area contributed by atoms with Crippen LogP contribution in [-0.4, -0.2) is 15.9 Å². The first-order valence-electron chi connectivity index (χ1n) is 8.62. The number of para-hydroxylation sites is 1. The van der Waals surface area contributed by atoms with Gasteiger partial charge >= 0.3 is 0 Å². The molecule has 1 N–H and O–H groups in total. The highest BCUT2D eigenvalue weighted by Crippen LogP contribution is 2.26. The van der Waals surface area contributed by atoms with Crippen LogP contribution in [0.2, 0.25) is 5.02 Å². The Morgan fingerprint density at radius 2 is 1.96 bits per heavy atom. The summed E-state index contributed by atoms with van der Waals surface area (Å²) in [6.07, 6.45) is 3.17. The third-order valence-electron chi connectivity index (χ3n) is 4.05. The highest BCUT2D eigenvalue weighted by atomic mass is 35.5. The number of aryl methyl sites for hydroxylation is 1. The fraction of sp³-hybridized carbons (Fsp3) is 0.0952. The number of oxazole rings is 1. The number of thiazole rings is 1. The first kappa shape index (κ1) is 18.4. The van der Waals surface area contributed by atoms with Crippen LogP contribution in [0.4, 0.5) is 0 Å². The van der Waals surface area contributed by atoms with E-state index in [0.29, 0.717) is 16.7 Å². The zero-order chi connectivity index (χ0) is 19.5. The minimum atomic E-state index is -0.233. The minimum Gasteiger partial charge on any atom is -0.438 e. The first-order valence-corrected chi connectivity index (χ1v) is 9.81. The molecule has 0 fully saturated rings. The number of hydrogen-bond acceptors (Lipinski definition) is 5. The Hall–Kier alpha value is -2.96. The predicted molar refractivity (Wildman–Crippen MR) is 112 cm³/mol. The number of benzene rings is 2. The molecule has 28 heavy (non-hydrogen) atoms. The molecule has 0 saturated carbocycles. The van der Waals surface area contributed by atoms with Crippen molar-refractivity contribution < 1.29 is 9.21 Å². The highest BCUT2D eigenvalue weighted by Gasteiger charge is 2.12. The van der Waals surface area contributed by atoms with Gasteiger partial charge < -0.3 is 9.73 Å². The van der Waals surface area contributed by atoms with E-state index < -0.39 is 0 Å². The van der Waals surface area contributed by atoms with Gasteiger partial charge in [0.25, 0.3) is 0 Å². The maximum atomic E-state index is 12.1. The van der Waals surface area contributed by atoms with Crippen molar-refractivity contribution >= 4 is 45.1 Å². The monoisotopic (exact) mass is 409 g/mol. The summed E-state index contributed by atoms with van der Waals surface area (Å²) in [5, 5.41) is 4.22. The average Bonchev–Trinajstić information content (AvgIpc) is 3.28. The molecule has 1 amide bonds. The predicted octanol–water partition coefficient (Wildman–Crippen LogP) is 5.24. The van der Waals surface area contributed by atoms with Crippen molar-refractivity contribution in [1.82, 2.24) is 15.3 Å². The molecule has 0 saturated heterocycles. The van der Waals surface area contributed by atoms with Crippen molar-refractivity contribution in [2.45, 2.75) is 13.5 Å². The molecular weight excluding hydrogens is 394 g/mol. The summed E-state index contributed by atoms with van der Waals surface area (Å²) in [5.41, 5.74) is 2.58. The Balaban J connectivity index is 1.39. The van der Waals surface area contributed by atoms with Crippen molar-refractivity contribution in [3.63, 3.8) is 0 Å². The summed E-state index contributed by atoms with van der Waals surface area (Å²) < 4.78 is 6.88. The van der Waals surface area contributed by atoms with Crippen LogP contribution in [0.3, 0.4) is 0 Å². The standard InChI is InChI=1S/C21H16ClN3O2S/c1-13-21(14-6-8-15(22)9-7-14)27-19(24-13)12-23-18(26)10-11-20-25-16-4-2-3-5-17(16)28-20/h2-11H,12H2,1H3,(H,23,26)/b11-10+. The number of rotatable bonds is 5. The SMILES string of the molecule is Cc1nc(CNC(=O)/C=C/c2nc3ccccc3s2)oc1-c1ccc(Cl)cc1. The molecule has 0 spiro atoms. The van der Waals surface area contributed by atoms with Gasteiger partial charge in [0.15, 0.2) is 5.76 Å². The minimum absolute atomic E-state index is 0.206. The fourth-order valence-corrected chi connectivity index (χ4v) is 3.72. The summed E-state index contributed by atoms with van der Waals surface area (Å²) >= 11 is 7.46. The van der Waals surface area contributed by atoms with Gasteiger partial charge in [0.05, 0.1) is 22.5 Å². The topological polar surface area (TPSA) is 68.0 Å². The van der Waals surface area contributed by atoms with Crippen molar-refractivity contribution in [1.29, 1.82) is 0 Å². The summed E-state index contributed by atoms with van der Waals surface area (Å²) in [6.45, 7) is 2.07. The van der Waals surface area contributed by atoms with Gasteiger partial charge in [-0.15, -0.1) is 11.3 Å². The lowest BCUT2D eigenvalue weighted by Crippen LogP contribution is -2.20. The lowest BCUT2D eigenvalue weighted by atomic mass is 10.1. The van der Waals surface area contributed by atoms with Crippen molar-refractivity contribution in [3.05, 3.63) is 76.2 Å². The number of hydrogen-bond donors (Lipinski definition) is 1. The van der Waals surface area contributed by atoms with Crippen LogP contribution in [0.25, 0.3) is 27.6 Å². The maximum absolute atomic E-state index is 12.1. The van der Waals surface area contributed by atoms with E-state index in [2.05, 4.69) is 15.3 Å². The number of nitrogens with one attached hydrogen (secondary N) is 1. The Labute approximate surface area is 170 Å². The quantitative estimate of drug-likeness (QED) is 0.457. The first-order chi connectivity index (χ1) is 13.6. The van der Waals surface area contributed by atoms with Crippen LogP contribution in [0.1, 0.15) is 16.6 Å². The summed E-state index contributed by atoms with van der Waals surface area (Å²) in [5.74, 6) is 0.887. The van der Waals surface area contributed by atoms with Crippen molar-refractivity contribution in [2.75, 3.05) is 0 Å². The van der Waals surface area contributed by atoms with E-state index in [1.807, 2.05) is 43.3 Å². The normalized spacial score (nSPS) is 11.4. The number of fused-ring (bicyclic) bond motifs is 1. The molecule has 2 aromatic carbocycles. The van der Waals surface area contributed by atoms with Gasteiger partial charge in [-0.1, -0.05) is 23.7 Å². The number of nitrogens with zero attached hydrogens (tertiary/aromatic N) is 2. The van der Waals surface area contributed by atoms with Crippen LogP contribution < -0.4 is 5.32 Å². The van der Waals surface area contributed by atoms with Gasteiger partial charge in [0, 0.05) is 16.7 Å². The smallest absolute Gasteiger partial charge is 0.244 e. The third kappa shape index (κ3) is 4.13. The van der Waals surface area contributed by atoms with E-state index in [1.165, 1.54) is 17.4 Å². The highest BCUT2D eigenvalue weighted by molar-refractivity contribution is 7.19. The van der Waals surface area contributed by atoms with E-state index in [4.69, 9.17) is 16.0 Å². The third-order valence-corrected chi connectivity index (χ3v) is 5.30. The van der Waals surface area contributed by atoms with E-state index in [9.17, 15) is 4.79 Å². The second-order valence-corrected chi connectivity index (χ2v) is 7.60. The van der Waals surface area contributed by atoms with Gasteiger partial charge in [-0.2, -0.15) is 0 Å². The molecule has 2 aromatic heterocycles. The number of carbonyl (C=O) groups is 1. The Morgan fingerprint density at radius 3 is 2.75 bits per heavy atom. The van der Waals surface area contributed by atoms with Gasteiger partial charge in [0.2, 0.25) is 11.8 Å². The molecule has 4 rings (SSSR count). The Kier molecular flexibility index (Phi) is 5.23. The van der Waals surface area contributed by atoms with E-state index in [-0.39, 0.29) is 12.5 Å². The molecule has 0 aliphatic carbocycles. The van der Waals surface area contributed by atoms with Gasteiger partial charge in [-0.25, -0.2) is 9.97 Å². The molecule has 0 atom stereocenters. The zero-order valence-electron chi connectivity index (χ0n) is 15.0. The zero-order valence-corrected chi connectivity index (χ0v) is 16.6. The Morgan fingerprint density at radius 1 is 1.18 bits per heavy atom. The average molecular weight is 410 g/mol. The van der Waals surface area contributed by atoms with Crippen LogP contribution in [0, 0.1) is 6.92 Å². The number of carbonyl (C=O) groups excluding carboxylic acids is 1. The largest absolute Gasteiger partial charge is 0.438 e. The molecule has 0 radical (unpaired) electrons. The lowest BCUT2D eigenvalue weighted by molar-refractivity contribution is -0.116. The van der Waals surface area contributed by atoms with Crippen LogP contribution >= 0.6 is 22.9 Å². The molecule has 0 unspecified atom stereocenters. The lowest BCUT2D eigenvalue weighted by Gasteiger charge is -1.99. The summed E-state index contributed by atoms with van der Waals surface area (Å²) in [4.78, 5) is 20.9. The number of halogens is 1. The van der Waals surface area contributed by atoms with Crippen LogP contribution in [0.15, 0.2) is 59.0 Å². The summed E-state index contributed by atoms with van der Waals surface area (Å²) in [7, 11) is 0. The maximum Gasteiger partial charge on any atom is 0.244 e. The second-order valence-electron chi connectivity index (χ2n) is 6.10. The molecule has 0 aliphatic rings. The molecule has 0 bridgehead atoms. The van der Waals surface area contributed by atoms with E-state index in [0.717, 1.165) is 26.5 Å². The summed E-state index contributed by atoms with van der Waals surface area (Å²) in [6, 6.07) is 15.2. The second kappa shape index (κ2) is 7.96. The molecule has 7 heteroatoms. The molecule has 0 aliphatic heterocycles. The number of aromatic nitrogens is 2. The van der Waals surface area contributed by atoms with Crippen LogP contribution in [0.5, 0.6) is 0 Å². The van der Waals surface area contributed by atoms with E-state index in [1.54, 1.807) is 18.2 Å².